The van der Waals surface area contributed by atoms with E-state index in [-0.39, 0.29) is 12.0 Å². The second-order valence-electron chi connectivity index (χ2n) is 3.90. The van der Waals surface area contributed by atoms with Crippen LogP contribution in [0.5, 0.6) is 0 Å². The first-order chi connectivity index (χ1) is 6.90. The summed E-state index contributed by atoms with van der Waals surface area (Å²) in [7, 11) is -3.19. The molecule has 84 valence electrons. The second-order valence-corrected chi connectivity index (χ2v) is 5.68. The molecule has 15 heavy (non-hydrogen) atoms. The van der Waals surface area contributed by atoms with Crippen molar-refractivity contribution >= 4 is 10.0 Å². The van der Waals surface area contributed by atoms with E-state index in [1.54, 1.807) is 18.5 Å². The summed E-state index contributed by atoms with van der Waals surface area (Å²) in [6.45, 7) is 3.94. The minimum absolute atomic E-state index is 0.184. The Balaban J connectivity index is 2.95. The van der Waals surface area contributed by atoms with Crippen molar-refractivity contribution in [3.63, 3.8) is 0 Å². The van der Waals surface area contributed by atoms with Crippen molar-refractivity contribution in [2.24, 2.45) is 5.92 Å². The lowest BCUT2D eigenvalue weighted by molar-refractivity contribution is 0.464. The Kier molecular flexibility index (Phi) is 3.82. The molecule has 0 saturated heterocycles. The van der Waals surface area contributed by atoms with Crippen LogP contribution in [0.2, 0.25) is 0 Å². The van der Waals surface area contributed by atoms with Gasteiger partial charge in [-0.05, 0) is 17.5 Å². The van der Waals surface area contributed by atoms with Gasteiger partial charge in [-0.15, -0.1) is 0 Å². The third kappa shape index (κ3) is 3.97. The zero-order chi connectivity index (χ0) is 11.5. The smallest absolute Gasteiger partial charge is 0.209 e. The van der Waals surface area contributed by atoms with Gasteiger partial charge >= 0.3 is 0 Å². The molecule has 5 heteroatoms. The van der Waals surface area contributed by atoms with Gasteiger partial charge in [-0.25, -0.2) is 13.1 Å². The first-order valence-electron chi connectivity index (χ1n) is 4.77. The van der Waals surface area contributed by atoms with Gasteiger partial charge in [0.15, 0.2) is 0 Å². The molecule has 1 unspecified atom stereocenters. The molecule has 1 heterocycles. The summed E-state index contributed by atoms with van der Waals surface area (Å²) >= 11 is 0. The largest absolute Gasteiger partial charge is 0.264 e. The molecule has 0 aromatic carbocycles. The molecule has 0 spiro atoms. The maximum atomic E-state index is 11.2. The van der Waals surface area contributed by atoms with E-state index < -0.39 is 10.0 Å². The fraction of sp³-hybridized carbons (Fsp3) is 0.500. The maximum Gasteiger partial charge on any atom is 0.209 e. The zero-order valence-electron chi connectivity index (χ0n) is 9.14. The molecular formula is C10H16N2O2S. The van der Waals surface area contributed by atoms with Crippen LogP contribution in [-0.4, -0.2) is 19.7 Å². The molecule has 1 atom stereocenters. The van der Waals surface area contributed by atoms with E-state index in [1.165, 1.54) is 6.26 Å². The highest BCUT2D eigenvalue weighted by Crippen LogP contribution is 2.21. The number of nitrogens with one attached hydrogen (secondary N) is 1. The zero-order valence-corrected chi connectivity index (χ0v) is 9.95. The average molecular weight is 228 g/mol. The molecule has 0 aliphatic rings. The summed E-state index contributed by atoms with van der Waals surface area (Å²) in [5.74, 6) is 0.184. The van der Waals surface area contributed by atoms with Crippen LogP contribution in [-0.2, 0) is 10.0 Å². The number of rotatable bonds is 4. The Morgan fingerprint density at radius 2 is 2.07 bits per heavy atom. The van der Waals surface area contributed by atoms with Gasteiger partial charge in [-0.1, -0.05) is 19.9 Å². The average Bonchev–Trinajstić information content (AvgIpc) is 2.14. The predicted molar refractivity (Wildman–Crippen MR) is 59.8 cm³/mol. The van der Waals surface area contributed by atoms with Crippen molar-refractivity contribution in [1.82, 2.24) is 9.71 Å². The molecule has 0 radical (unpaired) electrons. The molecule has 0 saturated carbocycles. The Morgan fingerprint density at radius 1 is 1.40 bits per heavy atom. The lowest BCUT2D eigenvalue weighted by Crippen LogP contribution is -2.30. The van der Waals surface area contributed by atoms with Crippen LogP contribution in [0.15, 0.2) is 24.5 Å². The first-order valence-corrected chi connectivity index (χ1v) is 6.66. The van der Waals surface area contributed by atoms with E-state index in [1.807, 2.05) is 19.9 Å². The van der Waals surface area contributed by atoms with Crippen LogP contribution in [0.25, 0.3) is 0 Å². The summed E-state index contributed by atoms with van der Waals surface area (Å²) in [5.41, 5.74) is 0.887. The van der Waals surface area contributed by atoms with Gasteiger partial charge in [0, 0.05) is 12.4 Å². The minimum atomic E-state index is -3.19. The molecule has 1 aromatic heterocycles. The van der Waals surface area contributed by atoms with Crippen LogP contribution >= 0.6 is 0 Å². The number of aromatic nitrogens is 1. The van der Waals surface area contributed by atoms with Gasteiger partial charge < -0.3 is 0 Å². The number of pyridine rings is 1. The fourth-order valence-electron chi connectivity index (χ4n) is 1.38. The topological polar surface area (TPSA) is 59.1 Å². The molecule has 0 bridgehead atoms. The van der Waals surface area contributed by atoms with Gasteiger partial charge in [-0.3, -0.25) is 4.98 Å². The summed E-state index contributed by atoms with van der Waals surface area (Å²) < 4.78 is 25.0. The Bertz CT molecular complexity index is 401. The molecule has 4 nitrogen and oxygen atoms in total. The van der Waals surface area contributed by atoms with E-state index in [0.717, 1.165) is 5.56 Å². The SMILES string of the molecule is CC(C)C(NS(C)(=O)=O)c1cccnc1. The summed E-state index contributed by atoms with van der Waals surface area (Å²) in [6, 6.07) is 3.46. The maximum absolute atomic E-state index is 11.2. The van der Waals surface area contributed by atoms with Gasteiger partial charge in [0.05, 0.1) is 12.3 Å². The van der Waals surface area contributed by atoms with Gasteiger partial charge in [0.2, 0.25) is 10.0 Å². The van der Waals surface area contributed by atoms with Crippen LogP contribution in [0.4, 0.5) is 0 Å². The highest BCUT2D eigenvalue weighted by molar-refractivity contribution is 7.88. The summed E-state index contributed by atoms with van der Waals surface area (Å²) in [6.07, 6.45) is 4.52. The highest BCUT2D eigenvalue weighted by atomic mass is 32.2. The molecule has 0 aliphatic heterocycles. The van der Waals surface area contributed by atoms with E-state index in [2.05, 4.69) is 9.71 Å². The number of sulfonamides is 1. The lowest BCUT2D eigenvalue weighted by atomic mass is 9.99. The van der Waals surface area contributed by atoms with E-state index in [0.29, 0.717) is 0 Å². The third-order valence-electron chi connectivity index (χ3n) is 2.05. The molecule has 0 fully saturated rings. The quantitative estimate of drug-likeness (QED) is 0.845. The Hall–Kier alpha value is -0.940. The third-order valence-corrected chi connectivity index (χ3v) is 2.73. The minimum Gasteiger partial charge on any atom is -0.264 e. The molecule has 0 aliphatic carbocycles. The van der Waals surface area contributed by atoms with Crippen molar-refractivity contribution in [2.75, 3.05) is 6.26 Å². The second kappa shape index (κ2) is 4.72. The monoisotopic (exact) mass is 228 g/mol. The van der Waals surface area contributed by atoms with Crippen molar-refractivity contribution in [3.05, 3.63) is 30.1 Å². The predicted octanol–water partition coefficient (Wildman–Crippen LogP) is 1.33. The van der Waals surface area contributed by atoms with Crippen molar-refractivity contribution in [3.8, 4) is 0 Å². The summed E-state index contributed by atoms with van der Waals surface area (Å²) in [5, 5.41) is 0. The molecule has 1 rings (SSSR count). The van der Waals surface area contributed by atoms with Gasteiger partial charge in [-0.2, -0.15) is 0 Å². The number of nitrogens with zero attached hydrogens (tertiary/aromatic N) is 1. The van der Waals surface area contributed by atoms with Gasteiger partial charge in [0.25, 0.3) is 0 Å². The standard InChI is InChI=1S/C10H16N2O2S/c1-8(2)10(12-15(3,13)14)9-5-4-6-11-7-9/h4-8,10,12H,1-3H3. The Labute approximate surface area is 90.8 Å². The number of hydrogen-bond donors (Lipinski definition) is 1. The fourth-order valence-corrected chi connectivity index (χ4v) is 2.25. The van der Waals surface area contributed by atoms with E-state index in [4.69, 9.17) is 0 Å². The van der Waals surface area contributed by atoms with Crippen LogP contribution in [0.1, 0.15) is 25.5 Å². The normalized spacial score (nSPS) is 14.1. The molecule has 1 aromatic rings. The van der Waals surface area contributed by atoms with Crippen molar-refractivity contribution in [1.29, 1.82) is 0 Å². The number of hydrogen-bond acceptors (Lipinski definition) is 3. The Morgan fingerprint density at radius 3 is 2.47 bits per heavy atom. The molecule has 1 N–H and O–H groups in total. The first kappa shape index (κ1) is 12.1. The summed E-state index contributed by atoms with van der Waals surface area (Å²) in [4.78, 5) is 3.98. The molecular weight excluding hydrogens is 212 g/mol. The van der Waals surface area contributed by atoms with Crippen molar-refractivity contribution < 1.29 is 8.42 Å². The lowest BCUT2D eigenvalue weighted by Gasteiger charge is -2.21. The van der Waals surface area contributed by atoms with E-state index >= 15 is 0 Å². The van der Waals surface area contributed by atoms with Crippen LogP contribution in [0.3, 0.4) is 0 Å². The van der Waals surface area contributed by atoms with Gasteiger partial charge in [0.1, 0.15) is 0 Å². The van der Waals surface area contributed by atoms with Crippen molar-refractivity contribution in [2.45, 2.75) is 19.9 Å². The molecule has 0 amide bonds. The van der Waals surface area contributed by atoms with Crippen LogP contribution < -0.4 is 4.72 Å². The van der Waals surface area contributed by atoms with E-state index in [9.17, 15) is 8.42 Å². The van der Waals surface area contributed by atoms with Crippen LogP contribution in [0, 0.1) is 5.92 Å². The highest BCUT2D eigenvalue weighted by Gasteiger charge is 2.19.